The molecule has 2 N–H and O–H groups in total. The average molecular weight is 399 g/mol. The minimum absolute atomic E-state index is 0.257. The van der Waals surface area contributed by atoms with E-state index in [4.69, 9.17) is 23.2 Å². The summed E-state index contributed by atoms with van der Waals surface area (Å²) in [5.74, 6) is -0.454. The first kappa shape index (κ1) is 21.4. The van der Waals surface area contributed by atoms with Gasteiger partial charge in [0.05, 0.1) is 12.6 Å². The van der Waals surface area contributed by atoms with Gasteiger partial charge in [-0.2, -0.15) is 13.2 Å². The fraction of sp³-hybridized carbons (Fsp3) is 0.467. The Balaban J connectivity index is 2.61. The van der Waals surface area contributed by atoms with Crippen molar-refractivity contribution in [2.75, 3.05) is 27.2 Å². The smallest absolute Gasteiger partial charge is 0.350 e. The summed E-state index contributed by atoms with van der Waals surface area (Å²) in [5.41, 5.74) is 0.759. The first-order chi connectivity index (χ1) is 11.5. The number of benzene rings is 1. The van der Waals surface area contributed by atoms with Gasteiger partial charge in [-0.15, -0.1) is 0 Å². The standard InChI is InChI=1S/C15H19Cl2F3N4O/c1-9(11-5-4-10(16)6-12(11)17)23-14(21-2)22-7-13(25)24(3)8-15(18,19)20/h4-6,9H,7-8H2,1-3H3,(H2,21,22,23). The van der Waals surface area contributed by atoms with Crippen molar-refractivity contribution in [1.29, 1.82) is 0 Å². The molecule has 0 saturated heterocycles. The van der Waals surface area contributed by atoms with E-state index in [-0.39, 0.29) is 18.5 Å². The summed E-state index contributed by atoms with van der Waals surface area (Å²) in [6, 6.07) is 4.77. The van der Waals surface area contributed by atoms with Gasteiger partial charge in [0.15, 0.2) is 5.96 Å². The van der Waals surface area contributed by atoms with Crippen LogP contribution < -0.4 is 10.6 Å². The summed E-state index contributed by atoms with van der Waals surface area (Å²) in [7, 11) is 2.57. The zero-order valence-corrected chi connectivity index (χ0v) is 15.4. The minimum Gasteiger partial charge on any atom is -0.350 e. The summed E-state index contributed by atoms with van der Waals surface area (Å²) < 4.78 is 36.9. The van der Waals surface area contributed by atoms with Crippen molar-refractivity contribution in [3.63, 3.8) is 0 Å². The Morgan fingerprint density at radius 3 is 2.52 bits per heavy atom. The molecule has 1 rings (SSSR count). The van der Waals surface area contributed by atoms with Gasteiger partial charge in [-0.05, 0) is 24.6 Å². The van der Waals surface area contributed by atoms with Crippen LogP contribution in [0.1, 0.15) is 18.5 Å². The Bertz CT molecular complexity index is 638. The van der Waals surface area contributed by atoms with E-state index >= 15 is 0 Å². The van der Waals surface area contributed by atoms with Crippen molar-refractivity contribution < 1.29 is 18.0 Å². The molecule has 0 aromatic heterocycles. The van der Waals surface area contributed by atoms with Crippen molar-refractivity contribution in [3.8, 4) is 0 Å². The molecule has 0 radical (unpaired) electrons. The normalized spacial score (nSPS) is 13.4. The molecule has 0 saturated carbocycles. The van der Waals surface area contributed by atoms with Crippen LogP contribution in [0.15, 0.2) is 23.2 Å². The molecule has 25 heavy (non-hydrogen) atoms. The average Bonchev–Trinajstić information content (AvgIpc) is 2.48. The second-order valence-corrected chi connectivity index (χ2v) is 6.17. The highest BCUT2D eigenvalue weighted by atomic mass is 35.5. The quantitative estimate of drug-likeness (QED) is 0.591. The van der Waals surface area contributed by atoms with Crippen LogP contribution in [0.3, 0.4) is 0 Å². The van der Waals surface area contributed by atoms with Crippen molar-refractivity contribution in [1.82, 2.24) is 15.5 Å². The van der Waals surface area contributed by atoms with E-state index in [1.54, 1.807) is 18.2 Å². The second kappa shape index (κ2) is 9.15. The number of aliphatic imine (C=N–C) groups is 1. The van der Waals surface area contributed by atoms with Gasteiger partial charge in [0.2, 0.25) is 5.91 Å². The first-order valence-corrected chi connectivity index (χ1v) is 8.02. The highest BCUT2D eigenvalue weighted by molar-refractivity contribution is 6.35. The molecule has 0 fully saturated rings. The monoisotopic (exact) mass is 398 g/mol. The Morgan fingerprint density at radius 2 is 2.00 bits per heavy atom. The van der Waals surface area contributed by atoms with Gasteiger partial charge in [-0.25, -0.2) is 0 Å². The highest BCUT2D eigenvalue weighted by Crippen LogP contribution is 2.25. The predicted molar refractivity (Wildman–Crippen MR) is 93.1 cm³/mol. The maximum atomic E-state index is 12.3. The fourth-order valence-corrected chi connectivity index (χ4v) is 2.55. The fourth-order valence-electron chi connectivity index (χ4n) is 1.98. The molecule has 5 nitrogen and oxygen atoms in total. The van der Waals surface area contributed by atoms with Crippen LogP contribution in [-0.4, -0.2) is 50.1 Å². The van der Waals surface area contributed by atoms with Crippen LogP contribution in [0, 0.1) is 0 Å². The number of carbonyl (C=O) groups excluding carboxylic acids is 1. The van der Waals surface area contributed by atoms with E-state index in [1.807, 2.05) is 6.92 Å². The molecule has 1 aromatic rings. The number of alkyl halides is 3. The van der Waals surface area contributed by atoms with E-state index in [9.17, 15) is 18.0 Å². The Kier molecular flexibility index (Phi) is 7.82. The Morgan fingerprint density at radius 1 is 1.36 bits per heavy atom. The maximum Gasteiger partial charge on any atom is 0.406 e. The Hall–Kier alpha value is -1.67. The molecule has 0 aliphatic rings. The lowest BCUT2D eigenvalue weighted by atomic mass is 10.1. The molecule has 0 aliphatic carbocycles. The van der Waals surface area contributed by atoms with Crippen LogP contribution in [0.2, 0.25) is 10.0 Å². The van der Waals surface area contributed by atoms with Gasteiger partial charge >= 0.3 is 6.18 Å². The summed E-state index contributed by atoms with van der Waals surface area (Å²) in [5, 5.41) is 6.65. The molecule has 140 valence electrons. The molecule has 1 aromatic carbocycles. The third kappa shape index (κ3) is 7.39. The van der Waals surface area contributed by atoms with Gasteiger partial charge in [0.1, 0.15) is 6.54 Å². The lowest BCUT2D eigenvalue weighted by molar-refractivity contribution is -0.157. The van der Waals surface area contributed by atoms with Crippen LogP contribution in [-0.2, 0) is 4.79 Å². The van der Waals surface area contributed by atoms with Gasteiger partial charge in [0, 0.05) is 24.1 Å². The number of guanidine groups is 1. The largest absolute Gasteiger partial charge is 0.406 e. The van der Waals surface area contributed by atoms with E-state index in [2.05, 4.69) is 15.6 Å². The van der Waals surface area contributed by atoms with E-state index in [0.29, 0.717) is 14.9 Å². The zero-order valence-electron chi connectivity index (χ0n) is 13.9. The lowest BCUT2D eigenvalue weighted by Gasteiger charge is -2.22. The van der Waals surface area contributed by atoms with Gasteiger partial charge in [0.25, 0.3) is 0 Å². The third-order valence-corrected chi connectivity index (χ3v) is 3.82. The van der Waals surface area contributed by atoms with E-state index < -0.39 is 18.6 Å². The zero-order chi connectivity index (χ0) is 19.2. The molecule has 0 heterocycles. The predicted octanol–water partition coefficient (Wildman–Crippen LogP) is 3.24. The minimum atomic E-state index is -4.44. The van der Waals surface area contributed by atoms with Crippen molar-refractivity contribution >= 4 is 35.1 Å². The van der Waals surface area contributed by atoms with E-state index in [1.165, 1.54) is 7.05 Å². The maximum absolute atomic E-state index is 12.3. The van der Waals surface area contributed by atoms with Gasteiger partial charge in [-0.3, -0.25) is 9.79 Å². The second-order valence-electron chi connectivity index (χ2n) is 5.32. The van der Waals surface area contributed by atoms with Gasteiger partial charge < -0.3 is 15.5 Å². The Labute approximate surface area is 154 Å². The molecular weight excluding hydrogens is 380 g/mol. The van der Waals surface area contributed by atoms with E-state index in [0.717, 1.165) is 12.6 Å². The molecule has 10 heteroatoms. The highest BCUT2D eigenvalue weighted by Gasteiger charge is 2.31. The van der Waals surface area contributed by atoms with Gasteiger partial charge in [-0.1, -0.05) is 29.3 Å². The summed E-state index contributed by atoms with van der Waals surface area (Å²) in [4.78, 5) is 16.3. The number of hydrogen-bond donors (Lipinski definition) is 2. The van der Waals surface area contributed by atoms with Crippen molar-refractivity contribution in [3.05, 3.63) is 33.8 Å². The molecule has 1 unspecified atom stereocenters. The van der Waals surface area contributed by atoms with Crippen molar-refractivity contribution in [2.24, 2.45) is 4.99 Å². The number of likely N-dealkylation sites (N-methyl/N-ethyl adjacent to an activating group) is 1. The van der Waals surface area contributed by atoms with Crippen LogP contribution in [0.4, 0.5) is 13.2 Å². The van der Waals surface area contributed by atoms with Crippen LogP contribution >= 0.6 is 23.2 Å². The number of nitrogens with one attached hydrogen (secondary N) is 2. The third-order valence-electron chi connectivity index (χ3n) is 3.26. The van der Waals surface area contributed by atoms with Crippen molar-refractivity contribution in [2.45, 2.75) is 19.1 Å². The molecule has 0 spiro atoms. The summed E-state index contributed by atoms with van der Waals surface area (Å²) in [6.07, 6.45) is -4.44. The SMILES string of the molecule is CN=C(NCC(=O)N(C)CC(F)(F)F)NC(C)c1ccc(Cl)cc1Cl. The molecule has 1 amide bonds. The number of nitrogens with zero attached hydrogens (tertiary/aromatic N) is 2. The lowest BCUT2D eigenvalue weighted by Crippen LogP contribution is -2.46. The van der Waals surface area contributed by atoms with Crippen LogP contribution in [0.5, 0.6) is 0 Å². The first-order valence-electron chi connectivity index (χ1n) is 7.26. The molecule has 1 atom stereocenters. The summed E-state index contributed by atoms with van der Waals surface area (Å²) in [6.45, 7) is 0.184. The number of hydrogen-bond acceptors (Lipinski definition) is 2. The number of carbonyl (C=O) groups is 1. The number of halogens is 5. The molecular formula is C15H19Cl2F3N4O. The summed E-state index contributed by atoms with van der Waals surface area (Å²) >= 11 is 12.0. The number of amides is 1. The molecule has 0 aliphatic heterocycles. The van der Waals surface area contributed by atoms with Crippen LogP contribution in [0.25, 0.3) is 0 Å². The molecule has 0 bridgehead atoms. The topological polar surface area (TPSA) is 56.7 Å². The number of rotatable bonds is 5.